The molecule has 2 rings (SSSR count). The zero-order chi connectivity index (χ0) is 13.7. The molecule has 1 aliphatic heterocycles. The van der Waals surface area contributed by atoms with E-state index in [1.807, 2.05) is 18.2 Å². The molecule has 0 aliphatic carbocycles. The van der Waals surface area contributed by atoms with E-state index < -0.39 is 0 Å². The Morgan fingerprint density at radius 3 is 2.84 bits per heavy atom. The Hall–Kier alpha value is -1.42. The number of methoxy groups -OCH3 is 2. The first kappa shape index (κ1) is 14.0. The van der Waals surface area contributed by atoms with Crippen molar-refractivity contribution in [3.63, 3.8) is 0 Å². The molecular formula is C15H23NO3. The van der Waals surface area contributed by atoms with Crippen LogP contribution in [0, 0.1) is 0 Å². The highest BCUT2D eigenvalue weighted by atomic mass is 16.5. The molecule has 4 heteroatoms. The van der Waals surface area contributed by atoms with Gasteiger partial charge in [0.1, 0.15) is 11.5 Å². The van der Waals surface area contributed by atoms with Crippen molar-refractivity contribution in [3.05, 3.63) is 18.2 Å². The van der Waals surface area contributed by atoms with Crippen molar-refractivity contribution in [2.24, 2.45) is 0 Å². The lowest BCUT2D eigenvalue weighted by molar-refractivity contribution is 0.00922. The van der Waals surface area contributed by atoms with E-state index in [9.17, 15) is 0 Å². The lowest BCUT2D eigenvalue weighted by Crippen LogP contribution is -2.33. The maximum absolute atomic E-state index is 5.70. The lowest BCUT2D eigenvalue weighted by atomic mass is 10.0. The van der Waals surface area contributed by atoms with Crippen molar-refractivity contribution in [2.45, 2.75) is 38.3 Å². The molecule has 0 saturated carbocycles. The summed E-state index contributed by atoms with van der Waals surface area (Å²) in [7, 11) is 3.36. The molecule has 2 unspecified atom stereocenters. The standard InChI is InChI=1S/C15H23NO3/c1-4-12-9-11(7-8-19-12)16-14-10-13(17-2)5-6-15(14)18-3/h5-6,10-12,16H,4,7-9H2,1-3H3. The molecule has 1 aromatic rings. The van der Waals surface area contributed by atoms with Gasteiger partial charge in [-0.2, -0.15) is 0 Å². The fourth-order valence-electron chi connectivity index (χ4n) is 2.44. The summed E-state index contributed by atoms with van der Waals surface area (Å²) in [6, 6.07) is 6.25. The number of hydrogen-bond acceptors (Lipinski definition) is 4. The Bertz CT molecular complexity index is 408. The van der Waals surface area contributed by atoms with Crippen LogP contribution in [0.15, 0.2) is 18.2 Å². The molecule has 0 radical (unpaired) electrons. The second-order valence-corrected chi connectivity index (χ2v) is 4.83. The van der Waals surface area contributed by atoms with Gasteiger partial charge in [-0.05, 0) is 31.4 Å². The number of anilines is 1. The topological polar surface area (TPSA) is 39.7 Å². The molecular weight excluding hydrogens is 242 g/mol. The highest BCUT2D eigenvalue weighted by molar-refractivity contribution is 5.60. The normalized spacial score (nSPS) is 22.9. The number of benzene rings is 1. The molecule has 19 heavy (non-hydrogen) atoms. The van der Waals surface area contributed by atoms with Gasteiger partial charge in [-0.1, -0.05) is 6.92 Å². The lowest BCUT2D eigenvalue weighted by Gasteiger charge is -2.30. The molecule has 0 spiro atoms. The van der Waals surface area contributed by atoms with Crippen molar-refractivity contribution < 1.29 is 14.2 Å². The van der Waals surface area contributed by atoms with Gasteiger partial charge >= 0.3 is 0 Å². The minimum Gasteiger partial charge on any atom is -0.497 e. The third kappa shape index (κ3) is 3.53. The molecule has 1 fully saturated rings. The fourth-order valence-corrected chi connectivity index (χ4v) is 2.44. The van der Waals surface area contributed by atoms with E-state index in [0.29, 0.717) is 12.1 Å². The van der Waals surface area contributed by atoms with E-state index in [-0.39, 0.29) is 0 Å². The average Bonchev–Trinajstić information content (AvgIpc) is 2.47. The van der Waals surface area contributed by atoms with Crippen molar-refractivity contribution in [2.75, 3.05) is 26.1 Å². The largest absolute Gasteiger partial charge is 0.497 e. The molecule has 0 bridgehead atoms. The van der Waals surface area contributed by atoms with Crippen LogP contribution in [0.4, 0.5) is 5.69 Å². The van der Waals surface area contributed by atoms with E-state index in [2.05, 4.69) is 12.2 Å². The third-order valence-electron chi connectivity index (χ3n) is 3.59. The van der Waals surface area contributed by atoms with E-state index >= 15 is 0 Å². The van der Waals surface area contributed by atoms with Crippen molar-refractivity contribution in [1.82, 2.24) is 0 Å². The Kier molecular flexibility index (Phi) is 4.91. The van der Waals surface area contributed by atoms with Gasteiger partial charge in [-0.15, -0.1) is 0 Å². The van der Waals surface area contributed by atoms with E-state index in [0.717, 1.165) is 43.1 Å². The molecule has 106 valence electrons. The fraction of sp³-hybridized carbons (Fsp3) is 0.600. The van der Waals surface area contributed by atoms with Crippen LogP contribution in [0.5, 0.6) is 11.5 Å². The quantitative estimate of drug-likeness (QED) is 0.888. The second kappa shape index (κ2) is 6.66. The summed E-state index contributed by atoms with van der Waals surface area (Å²) in [6.07, 6.45) is 3.49. The first-order chi connectivity index (χ1) is 9.26. The summed E-state index contributed by atoms with van der Waals surface area (Å²) in [5.74, 6) is 1.68. The average molecular weight is 265 g/mol. The van der Waals surface area contributed by atoms with Gasteiger partial charge in [-0.25, -0.2) is 0 Å². The molecule has 1 N–H and O–H groups in total. The zero-order valence-electron chi connectivity index (χ0n) is 11.9. The molecule has 1 aliphatic rings. The summed E-state index contributed by atoms with van der Waals surface area (Å²) >= 11 is 0. The molecule has 4 nitrogen and oxygen atoms in total. The molecule has 1 heterocycles. The van der Waals surface area contributed by atoms with Crippen LogP contribution in [0.2, 0.25) is 0 Å². The zero-order valence-corrected chi connectivity index (χ0v) is 11.9. The maximum Gasteiger partial charge on any atom is 0.142 e. The van der Waals surface area contributed by atoms with Crippen LogP contribution in [-0.2, 0) is 4.74 Å². The van der Waals surface area contributed by atoms with Gasteiger partial charge in [-0.3, -0.25) is 0 Å². The monoisotopic (exact) mass is 265 g/mol. The van der Waals surface area contributed by atoms with Crippen LogP contribution in [0.1, 0.15) is 26.2 Å². The maximum atomic E-state index is 5.70. The van der Waals surface area contributed by atoms with Crippen LogP contribution >= 0.6 is 0 Å². The summed E-state index contributed by atoms with van der Waals surface area (Å²) in [5, 5.41) is 3.55. The summed E-state index contributed by atoms with van der Waals surface area (Å²) < 4.78 is 16.4. The molecule has 1 saturated heterocycles. The Balaban J connectivity index is 2.08. The van der Waals surface area contributed by atoms with E-state index in [4.69, 9.17) is 14.2 Å². The number of rotatable bonds is 5. The number of ether oxygens (including phenoxy) is 3. The predicted octanol–water partition coefficient (Wildman–Crippen LogP) is 3.07. The first-order valence-electron chi connectivity index (χ1n) is 6.87. The van der Waals surface area contributed by atoms with Gasteiger partial charge in [0.25, 0.3) is 0 Å². The highest BCUT2D eigenvalue weighted by Crippen LogP contribution is 2.31. The van der Waals surface area contributed by atoms with Crippen molar-refractivity contribution in [3.8, 4) is 11.5 Å². The summed E-state index contributed by atoms with van der Waals surface area (Å²) in [5.41, 5.74) is 0.989. The molecule has 0 amide bonds. The van der Waals surface area contributed by atoms with Crippen LogP contribution in [0.25, 0.3) is 0 Å². The minimum atomic E-state index is 0.364. The van der Waals surface area contributed by atoms with Gasteiger partial charge in [0.2, 0.25) is 0 Å². The Labute approximate surface area is 115 Å². The summed E-state index contributed by atoms with van der Waals surface area (Å²) in [4.78, 5) is 0. The Morgan fingerprint density at radius 2 is 2.16 bits per heavy atom. The number of nitrogens with one attached hydrogen (secondary N) is 1. The van der Waals surface area contributed by atoms with Gasteiger partial charge in [0.05, 0.1) is 26.0 Å². The predicted molar refractivity (Wildman–Crippen MR) is 76.2 cm³/mol. The number of hydrogen-bond donors (Lipinski definition) is 1. The second-order valence-electron chi connectivity index (χ2n) is 4.83. The van der Waals surface area contributed by atoms with Gasteiger partial charge in [0, 0.05) is 18.7 Å². The smallest absolute Gasteiger partial charge is 0.142 e. The van der Waals surface area contributed by atoms with Crippen molar-refractivity contribution >= 4 is 5.69 Å². The summed E-state index contributed by atoms with van der Waals surface area (Å²) in [6.45, 7) is 2.99. The van der Waals surface area contributed by atoms with Crippen LogP contribution in [-0.4, -0.2) is 33.0 Å². The van der Waals surface area contributed by atoms with Gasteiger partial charge in [0.15, 0.2) is 0 Å². The van der Waals surface area contributed by atoms with E-state index in [1.54, 1.807) is 14.2 Å². The SMILES string of the molecule is CCC1CC(Nc2cc(OC)ccc2OC)CCO1. The van der Waals surface area contributed by atoms with Crippen molar-refractivity contribution in [1.29, 1.82) is 0 Å². The third-order valence-corrected chi connectivity index (χ3v) is 3.59. The Morgan fingerprint density at radius 1 is 1.32 bits per heavy atom. The van der Waals surface area contributed by atoms with Crippen LogP contribution < -0.4 is 14.8 Å². The van der Waals surface area contributed by atoms with E-state index in [1.165, 1.54) is 0 Å². The molecule has 0 aromatic heterocycles. The van der Waals surface area contributed by atoms with Crippen LogP contribution in [0.3, 0.4) is 0 Å². The van der Waals surface area contributed by atoms with Gasteiger partial charge < -0.3 is 19.5 Å². The highest BCUT2D eigenvalue weighted by Gasteiger charge is 2.22. The first-order valence-corrected chi connectivity index (χ1v) is 6.87. The molecule has 2 atom stereocenters. The minimum absolute atomic E-state index is 0.364. The molecule has 1 aromatic carbocycles.